The van der Waals surface area contributed by atoms with Gasteiger partial charge < -0.3 is 9.64 Å². The lowest BCUT2D eigenvalue weighted by Gasteiger charge is -2.55. The molecule has 1 aliphatic heterocycles. The van der Waals surface area contributed by atoms with E-state index in [2.05, 4.69) is 21.9 Å². The van der Waals surface area contributed by atoms with Crippen LogP contribution in [-0.4, -0.2) is 31.6 Å². The number of rotatable bonds is 4. The van der Waals surface area contributed by atoms with Crippen LogP contribution in [0.15, 0.2) is 24.3 Å². The fourth-order valence-electron chi connectivity index (χ4n) is 5.06. The first-order chi connectivity index (χ1) is 11.3. The first-order valence-electron chi connectivity index (χ1n) is 9.01. The lowest BCUT2D eigenvalue weighted by Crippen LogP contribution is -2.59. The Balaban J connectivity index is 1.64. The Morgan fingerprint density at radius 1 is 1.13 bits per heavy atom. The number of piperidine rings is 1. The summed E-state index contributed by atoms with van der Waals surface area (Å²) in [6, 6.07) is 8.18. The zero-order valence-corrected chi connectivity index (χ0v) is 14.0. The van der Waals surface area contributed by atoms with Gasteiger partial charge in [0.1, 0.15) is 5.60 Å². The first-order valence-corrected chi connectivity index (χ1v) is 9.01. The number of hydrogen-bond acceptors (Lipinski definition) is 2. The summed E-state index contributed by atoms with van der Waals surface area (Å²) in [7, 11) is 1.89. The highest BCUT2D eigenvalue weighted by molar-refractivity contribution is 5.47. The third-order valence-corrected chi connectivity index (χ3v) is 6.27. The van der Waals surface area contributed by atoms with E-state index in [0.29, 0.717) is 11.8 Å². The third-order valence-electron chi connectivity index (χ3n) is 6.27. The quantitative estimate of drug-likeness (QED) is 0.774. The fraction of sp³-hybridized carbons (Fsp3) is 0.650. The molecule has 23 heavy (non-hydrogen) atoms. The highest BCUT2D eigenvalue weighted by atomic mass is 16.5. The van der Waals surface area contributed by atoms with Crippen molar-refractivity contribution in [2.45, 2.75) is 37.7 Å². The van der Waals surface area contributed by atoms with Crippen molar-refractivity contribution < 1.29 is 4.74 Å². The Morgan fingerprint density at radius 3 is 2.30 bits per heavy atom. The molecule has 2 unspecified atom stereocenters. The normalized spacial score (nSPS) is 34.1. The molecule has 2 aliphatic carbocycles. The van der Waals surface area contributed by atoms with Gasteiger partial charge in [0.2, 0.25) is 0 Å². The number of methoxy groups -OCH3 is 1. The molecule has 0 N–H and O–H groups in total. The maximum atomic E-state index is 7.16. The second kappa shape index (κ2) is 5.92. The number of nitrogens with zero attached hydrogens (tertiary/aromatic N) is 2. The second-order valence-corrected chi connectivity index (χ2v) is 7.64. The van der Waals surface area contributed by atoms with Crippen molar-refractivity contribution in [2.75, 3.05) is 26.7 Å². The minimum atomic E-state index is -0.140. The number of ether oxygens (including phenoxy) is 1. The van der Waals surface area contributed by atoms with Crippen molar-refractivity contribution in [3.8, 4) is 0 Å². The van der Waals surface area contributed by atoms with Gasteiger partial charge in [-0.2, -0.15) is 0 Å². The maximum absolute atomic E-state index is 7.16. The van der Waals surface area contributed by atoms with Gasteiger partial charge in [-0.1, -0.05) is 30.7 Å². The van der Waals surface area contributed by atoms with Crippen LogP contribution in [0.1, 0.15) is 37.7 Å². The van der Waals surface area contributed by atoms with Gasteiger partial charge in [-0.3, -0.25) is 0 Å². The van der Waals surface area contributed by atoms with E-state index in [4.69, 9.17) is 11.3 Å². The Bertz CT molecular complexity index is 585. The zero-order valence-electron chi connectivity index (χ0n) is 14.0. The van der Waals surface area contributed by atoms with Gasteiger partial charge in [0, 0.05) is 38.6 Å². The average Bonchev–Trinajstić information content (AvgIpc) is 3.38. The van der Waals surface area contributed by atoms with E-state index in [-0.39, 0.29) is 5.60 Å². The molecule has 0 aromatic heterocycles. The van der Waals surface area contributed by atoms with E-state index in [1.165, 1.54) is 57.3 Å². The van der Waals surface area contributed by atoms with Gasteiger partial charge in [-0.05, 0) is 37.2 Å². The van der Waals surface area contributed by atoms with E-state index >= 15 is 0 Å². The molecule has 0 spiro atoms. The fourth-order valence-corrected chi connectivity index (χ4v) is 5.06. The minimum absolute atomic E-state index is 0.140. The standard InChI is InChI=1S/C20H26N2O/c1-21-19-10-8-16(9-11-19)20(23-2)17-4-3-5-18(20)14-22(13-17)12-15-6-7-15/h8-11,15,17-18H,3-7,12-14H2,2H3. The van der Waals surface area contributed by atoms with Crippen molar-refractivity contribution >= 4 is 5.69 Å². The van der Waals surface area contributed by atoms with Gasteiger partial charge in [-0.25, -0.2) is 4.85 Å². The van der Waals surface area contributed by atoms with Gasteiger partial charge in [0.25, 0.3) is 0 Å². The predicted molar refractivity (Wildman–Crippen MR) is 91.4 cm³/mol. The molecule has 0 radical (unpaired) electrons. The molecule has 1 aromatic rings. The Hall–Kier alpha value is -1.37. The van der Waals surface area contributed by atoms with Crippen LogP contribution < -0.4 is 0 Å². The molecule has 3 aliphatic rings. The molecule has 1 aromatic carbocycles. The summed E-state index contributed by atoms with van der Waals surface area (Å²) in [5.74, 6) is 2.12. The van der Waals surface area contributed by atoms with Crippen LogP contribution in [-0.2, 0) is 10.3 Å². The van der Waals surface area contributed by atoms with Gasteiger partial charge in [-0.15, -0.1) is 0 Å². The molecular formula is C20H26N2O. The molecule has 0 amide bonds. The maximum Gasteiger partial charge on any atom is 0.187 e. The molecule has 3 fully saturated rings. The summed E-state index contributed by atoms with van der Waals surface area (Å²) in [6.07, 6.45) is 6.71. The van der Waals surface area contributed by atoms with Crippen molar-refractivity contribution in [2.24, 2.45) is 17.8 Å². The summed E-state index contributed by atoms with van der Waals surface area (Å²) in [4.78, 5) is 6.24. The zero-order chi connectivity index (χ0) is 15.9. The molecule has 2 saturated carbocycles. The number of fused-ring (bicyclic) bond motifs is 2. The van der Waals surface area contributed by atoms with Crippen LogP contribution in [0.3, 0.4) is 0 Å². The molecule has 3 heteroatoms. The molecular weight excluding hydrogens is 284 g/mol. The topological polar surface area (TPSA) is 16.8 Å². The van der Waals surface area contributed by atoms with Crippen LogP contribution in [0.5, 0.6) is 0 Å². The van der Waals surface area contributed by atoms with Crippen LogP contribution in [0.2, 0.25) is 0 Å². The van der Waals surface area contributed by atoms with Crippen LogP contribution in [0.25, 0.3) is 4.85 Å². The van der Waals surface area contributed by atoms with E-state index < -0.39 is 0 Å². The predicted octanol–water partition coefficient (Wildman–Crippen LogP) is 4.22. The van der Waals surface area contributed by atoms with E-state index in [0.717, 1.165) is 11.6 Å². The summed E-state index contributed by atoms with van der Waals surface area (Å²) in [5, 5.41) is 0. The van der Waals surface area contributed by atoms with E-state index in [1.54, 1.807) is 0 Å². The molecule has 1 heterocycles. The number of benzene rings is 1. The SMILES string of the molecule is [C-]#[N+]c1ccc(C2(OC)C3CCCC2CN(CC2CC2)C3)cc1. The van der Waals surface area contributed by atoms with Crippen LogP contribution in [0.4, 0.5) is 5.69 Å². The van der Waals surface area contributed by atoms with Gasteiger partial charge in [0.05, 0.1) is 6.57 Å². The summed E-state index contributed by atoms with van der Waals surface area (Å²) < 4.78 is 6.27. The molecule has 1 saturated heterocycles. The molecule has 4 rings (SSSR count). The monoisotopic (exact) mass is 310 g/mol. The van der Waals surface area contributed by atoms with E-state index in [9.17, 15) is 0 Å². The van der Waals surface area contributed by atoms with Crippen molar-refractivity contribution in [3.05, 3.63) is 41.2 Å². The Morgan fingerprint density at radius 2 is 1.78 bits per heavy atom. The van der Waals surface area contributed by atoms with Gasteiger partial charge >= 0.3 is 0 Å². The van der Waals surface area contributed by atoms with Crippen molar-refractivity contribution in [1.29, 1.82) is 0 Å². The third kappa shape index (κ3) is 2.58. The largest absolute Gasteiger partial charge is 0.373 e. The first kappa shape index (κ1) is 15.2. The molecule has 2 atom stereocenters. The average molecular weight is 310 g/mol. The molecule has 122 valence electrons. The smallest absolute Gasteiger partial charge is 0.187 e. The van der Waals surface area contributed by atoms with Crippen LogP contribution >= 0.6 is 0 Å². The summed E-state index contributed by atoms with van der Waals surface area (Å²) in [5.41, 5.74) is 1.86. The lowest BCUT2D eigenvalue weighted by molar-refractivity contribution is -0.169. The number of hydrogen-bond donors (Lipinski definition) is 0. The van der Waals surface area contributed by atoms with Gasteiger partial charge in [0.15, 0.2) is 5.69 Å². The van der Waals surface area contributed by atoms with E-state index in [1.807, 2.05) is 19.2 Å². The second-order valence-electron chi connectivity index (χ2n) is 7.64. The Kier molecular flexibility index (Phi) is 3.91. The number of likely N-dealkylation sites (tertiary alicyclic amines) is 1. The highest BCUT2D eigenvalue weighted by Gasteiger charge is 2.53. The van der Waals surface area contributed by atoms with Crippen molar-refractivity contribution in [1.82, 2.24) is 4.90 Å². The Labute approximate surface area is 139 Å². The molecule has 2 bridgehead atoms. The summed E-state index contributed by atoms with van der Waals surface area (Å²) in [6.45, 7) is 10.8. The van der Waals surface area contributed by atoms with Crippen molar-refractivity contribution in [3.63, 3.8) is 0 Å². The molecule has 3 nitrogen and oxygen atoms in total. The highest BCUT2D eigenvalue weighted by Crippen LogP contribution is 2.52. The lowest BCUT2D eigenvalue weighted by atomic mass is 9.62. The minimum Gasteiger partial charge on any atom is -0.373 e. The van der Waals surface area contributed by atoms with Crippen LogP contribution in [0, 0.1) is 24.3 Å². The summed E-state index contributed by atoms with van der Waals surface area (Å²) >= 11 is 0.